The summed E-state index contributed by atoms with van der Waals surface area (Å²) in [5.41, 5.74) is 0.495. The molecule has 0 saturated carbocycles. The van der Waals surface area contributed by atoms with Crippen LogP contribution in [0.15, 0.2) is 84.9 Å². The molecule has 152 valence electrons. The van der Waals surface area contributed by atoms with Crippen LogP contribution in [0.5, 0.6) is 5.75 Å². The largest absolute Gasteiger partial charge is 0.508 e. The van der Waals surface area contributed by atoms with Gasteiger partial charge in [-0.15, -0.1) is 0 Å². The molecule has 29 heavy (non-hydrogen) atoms. The van der Waals surface area contributed by atoms with Gasteiger partial charge in [0.2, 0.25) is 0 Å². The van der Waals surface area contributed by atoms with E-state index < -0.39 is 21.2 Å². The summed E-state index contributed by atoms with van der Waals surface area (Å²) < 4.78 is 0. The van der Waals surface area contributed by atoms with Gasteiger partial charge in [-0.3, -0.25) is 20.2 Å². The number of hydrogen-bond donors (Lipinski definition) is 1. The van der Waals surface area contributed by atoms with Crippen LogP contribution in [0.2, 0.25) is 0 Å². The molecule has 0 unspecified atom stereocenters. The van der Waals surface area contributed by atoms with Gasteiger partial charge in [0.05, 0.1) is 9.85 Å². The van der Waals surface area contributed by atoms with Gasteiger partial charge in [-0.1, -0.05) is 74.0 Å². The molecule has 0 aromatic heterocycles. The number of benzene rings is 3. The molecule has 0 fully saturated rings. The van der Waals surface area contributed by atoms with Crippen LogP contribution in [0.3, 0.4) is 0 Å². The zero-order valence-corrected chi connectivity index (χ0v) is 16.2. The Labute approximate surface area is 169 Å². The minimum absolute atomic E-state index is 0.322. The first kappa shape index (κ1) is 23.3. The van der Waals surface area contributed by atoms with Gasteiger partial charge in [0.25, 0.3) is 0 Å². The van der Waals surface area contributed by atoms with Crippen molar-refractivity contribution in [2.75, 3.05) is 0 Å². The summed E-state index contributed by atoms with van der Waals surface area (Å²) in [6.45, 7) is 2.23. The third-order valence-corrected chi connectivity index (χ3v) is 3.69. The highest BCUT2D eigenvalue weighted by Crippen LogP contribution is 2.24. The van der Waals surface area contributed by atoms with Crippen LogP contribution in [0.1, 0.15) is 25.3 Å². The quantitative estimate of drug-likeness (QED) is 0.425. The van der Waals surface area contributed by atoms with E-state index in [1.807, 2.05) is 6.07 Å². The van der Waals surface area contributed by atoms with E-state index in [9.17, 15) is 20.2 Å². The number of phenols is 1. The molecule has 0 radical (unpaired) electrons. The summed E-state index contributed by atoms with van der Waals surface area (Å²) in [5, 5.41) is 29.1. The Hall–Kier alpha value is -3.74. The van der Waals surface area contributed by atoms with Crippen molar-refractivity contribution < 1.29 is 15.0 Å². The number of nitrogens with zero attached hydrogens (tertiary/aromatic N) is 2. The average molecular weight is 396 g/mol. The molecular weight excluding hydrogens is 372 g/mol. The molecule has 0 saturated heterocycles. The Morgan fingerprint density at radius 1 is 0.724 bits per heavy atom. The van der Waals surface area contributed by atoms with Crippen LogP contribution in [0.25, 0.3) is 0 Å². The number of rotatable bonds is 5. The van der Waals surface area contributed by atoms with E-state index in [1.165, 1.54) is 37.0 Å². The van der Waals surface area contributed by atoms with E-state index in [1.54, 1.807) is 24.3 Å². The summed E-state index contributed by atoms with van der Waals surface area (Å²) >= 11 is 0. The molecule has 7 heteroatoms. The van der Waals surface area contributed by atoms with E-state index in [4.69, 9.17) is 5.11 Å². The number of phenolic OH excluding ortho intramolecular Hbond substituents is 1. The summed E-state index contributed by atoms with van der Waals surface area (Å²) in [4.78, 5) is 18.9. The Morgan fingerprint density at radius 2 is 1.14 bits per heavy atom. The Kier molecular flexibility index (Phi) is 10.8. The minimum Gasteiger partial charge on any atom is -0.508 e. The number of unbranched alkanes of at least 4 members (excludes halogenated alkanes) is 1. The number of aromatic hydroxyl groups is 1. The first-order valence-electron chi connectivity index (χ1n) is 9.11. The second kappa shape index (κ2) is 13.4. The Morgan fingerprint density at radius 3 is 1.48 bits per heavy atom. The van der Waals surface area contributed by atoms with E-state index in [-0.39, 0.29) is 0 Å². The smallest absolute Gasteiger partial charge is 0.346 e. The van der Waals surface area contributed by atoms with E-state index >= 15 is 0 Å². The van der Waals surface area contributed by atoms with Gasteiger partial charge in [0.1, 0.15) is 5.75 Å². The van der Waals surface area contributed by atoms with Crippen molar-refractivity contribution in [2.45, 2.75) is 26.2 Å². The molecule has 3 aromatic carbocycles. The summed E-state index contributed by atoms with van der Waals surface area (Å²) in [6.07, 6.45) is 3.83. The summed E-state index contributed by atoms with van der Waals surface area (Å²) in [6, 6.07) is 24.3. The van der Waals surface area contributed by atoms with Gasteiger partial charge in [0, 0.05) is 12.1 Å². The monoisotopic (exact) mass is 396 g/mol. The van der Waals surface area contributed by atoms with E-state index in [2.05, 4.69) is 37.3 Å². The maximum atomic E-state index is 10.2. The lowest BCUT2D eigenvalue weighted by Crippen LogP contribution is -1.95. The van der Waals surface area contributed by atoms with Crippen molar-refractivity contribution in [3.8, 4) is 5.75 Å². The zero-order valence-electron chi connectivity index (χ0n) is 16.2. The second-order valence-electron chi connectivity index (χ2n) is 5.93. The minimum atomic E-state index is -0.780. The number of nitro groups is 2. The molecule has 7 nitrogen and oxygen atoms in total. The standard InChI is InChI=1S/C10H14.C6H4N2O4.C6H6O/c1-2-3-7-10-8-5-4-6-9-10;9-7(10)5-3-1-2-4-6(5)8(11)12;7-6-4-2-1-3-5-6/h4-6,8-9H,2-3,7H2,1H3;1-4H;1-5,7H. The van der Waals surface area contributed by atoms with Crippen LogP contribution in [0.4, 0.5) is 11.4 Å². The fourth-order valence-electron chi connectivity index (χ4n) is 2.23. The van der Waals surface area contributed by atoms with Crippen LogP contribution in [0, 0.1) is 20.2 Å². The van der Waals surface area contributed by atoms with Gasteiger partial charge < -0.3 is 5.11 Å². The number of hydrogen-bond acceptors (Lipinski definition) is 5. The first-order chi connectivity index (χ1) is 14.0. The SMILES string of the molecule is CCCCc1ccccc1.O=[N+]([O-])c1ccccc1[N+](=O)[O-].Oc1ccccc1. The van der Waals surface area contributed by atoms with Crippen molar-refractivity contribution in [1.82, 2.24) is 0 Å². The van der Waals surface area contributed by atoms with Crippen molar-refractivity contribution >= 4 is 11.4 Å². The van der Waals surface area contributed by atoms with Crippen LogP contribution in [-0.4, -0.2) is 15.0 Å². The van der Waals surface area contributed by atoms with Gasteiger partial charge in [-0.25, -0.2) is 0 Å². The molecular formula is C22H24N2O5. The zero-order chi connectivity index (χ0) is 21.5. The molecule has 0 aliphatic carbocycles. The molecule has 0 aliphatic rings. The van der Waals surface area contributed by atoms with Crippen molar-refractivity contribution in [3.05, 3.63) is 111 Å². The third-order valence-electron chi connectivity index (χ3n) is 3.69. The lowest BCUT2D eigenvalue weighted by atomic mass is 10.1. The lowest BCUT2D eigenvalue weighted by Gasteiger charge is -1.96. The van der Waals surface area contributed by atoms with Gasteiger partial charge >= 0.3 is 11.4 Å². The predicted octanol–water partition coefficient (Wildman–Crippen LogP) is 5.92. The molecule has 3 aromatic rings. The van der Waals surface area contributed by atoms with E-state index in [0.29, 0.717) is 5.75 Å². The Bertz CT molecular complexity index is 838. The molecule has 0 amide bonds. The van der Waals surface area contributed by atoms with Crippen LogP contribution >= 0.6 is 0 Å². The molecule has 0 atom stereocenters. The van der Waals surface area contributed by atoms with E-state index in [0.717, 1.165) is 12.1 Å². The maximum absolute atomic E-state index is 10.2. The van der Waals surface area contributed by atoms with Gasteiger partial charge in [0.15, 0.2) is 0 Å². The first-order valence-corrected chi connectivity index (χ1v) is 9.11. The topological polar surface area (TPSA) is 107 Å². The summed E-state index contributed by atoms with van der Waals surface area (Å²) in [7, 11) is 0. The third kappa shape index (κ3) is 9.67. The number of aryl methyl sites for hydroxylation is 1. The highest BCUT2D eigenvalue weighted by atomic mass is 16.6. The van der Waals surface area contributed by atoms with Crippen molar-refractivity contribution in [2.24, 2.45) is 0 Å². The van der Waals surface area contributed by atoms with Gasteiger partial charge in [-0.05, 0) is 30.5 Å². The molecule has 0 heterocycles. The van der Waals surface area contributed by atoms with Crippen molar-refractivity contribution in [3.63, 3.8) is 0 Å². The molecule has 0 bridgehead atoms. The molecule has 0 spiro atoms. The number of para-hydroxylation sites is 3. The lowest BCUT2D eigenvalue weighted by molar-refractivity contribution is -0.422. The summed E-state index contributed by atoms with van der Waals surface area (Å²) in [5.74, 6) is 0.322. The molecule has 1 N–H and O–H groups in total. The fourth-order valence-corrected chi connectivity index (χ4v) is 2.23. The second-order valence-corrected chi connectivity index (χ2v) is 5.93. The molecule has 3 rings (SSSR count). The highest BCUT2D eigenvalue weighted by molar-refractivity contribution is 5.51. The van der Waals surface area contributed by atoms with Gasteiger partial charge in [-0.2, -0.15) is 0 Å². The molecule has 0 aliphatic heterocycles. The average Bonchev–Trinajstić information content (AvgIpc) is 2.74. The fraction of sp³-hybridized carbons (Fsp3) is 0.182. The van der Waals surface area contributed by atoms with Crippen molar-refractivity contribution in [1.29, 1.82) is 0 Å². The normalized spacial score (nSPS) is 9.28. The van der Waals surface area contributed by atoms with Crippen LogP contribution < -0.4 is 0 Å². The number of nitro benzene ring substituents is 2. The Balaban J connectivity index is 0.000000225. The predicted molar refractivity (Wildman–Crippen MR) is 113 cm³/mol. The van der Waals surface area contributed by atoms with Crippen LogP contribution in [-0.2, 0) is 6.42 Å². The maximum Gasteiger partial charge on any atom is 0.346 e. The highest BCUT2D eigenvalue weighted by Gasteiger charge is 2.21.